The van der Waals surface area contributed by atoms with E-state index in [2.05, 4.69) is 42.9 Å². The molecule has 0 aliphatic rings. The van der Waals surface area contributed by atoms with E-state index in [1.807, 2.05) is 0 Å². The van der Waals surface area contributed by atoms with Gasteiger partial charge in [0.25, 0.3) is 0 Å². The molecule has 0 aliphatic heterocycles. The zero-order chi connectivity index (χ0) is 23.0. The van der Waals surface area contributed by atoms with E-state index in [4.69, 9.17) is 0 Å². The summed E-state index contributed by atoms with van der Waals surface area (Å²) < 4.78 is 2.38. The molecule has 1 rings (SSSR count). The standard InChI is InChI=1S/C31H58N/c1-3-5-7-9-10-11-12-13-14-15-16-17-18-19-20-22-24-28-32-29-26-31(27-30-32)25-23-21-8-6-4-2/h26-27,29-30H,3-25,28H2,1-2H3/q+1. The number of aryl methyl sites for hydroxylation is 2. The number of rotatable bonds is 24. The molecule has 0 atom stereocenters. The van der Waals surface area contributed by atoms with Gasteiger partial charge in [-0.2, -0.15) is 0 Å². The Kier molecular flexibility index (Phi) is 21.3. The van der Waals surface area contributed by atoms with Crippen molar-refractivity contribution in [1.29, 1.82) is 0 Å². The summed E-state index contributed by atoms with van der Waals surface area (Å²) >= 11 is 0. The van der Waals surface area contributed by atoms with Gasteiger partial charge < -0.3 is 0 Å². The van der Waals surface area contributed by atoms with Crippen LogP contribution in [0.25, 0.3) is 0 Å². The monoisotopic (exact) mass is 444 g/mol. The Morgan fingerprint density at radius 3 is 1.19 bits per heavy atom. The summed E-state index contributed by atoms with van der Waals surface area (Å²) in [5.41, 5.74) is 1.51. The zero-order valence-corrected chi connectivity index (χ0v) is 22.2. The smallest absolute Gasteiger partial charge is 0.169 e. The predicted molar refractivity (Wildman–Crippen MR) is 143 cm³/mol. The van der Waals surface area contributed by atoms with E-state index in [1.165, 1.54) is 160 Å². The van der Waals surface area contributed by atoms with Crippen molar-refractivity contribution >= 4 is 0 Å². The van der Waals surface area contributed by atoms with Crippen molar-refractivity contribution in [3.05, 3.63) is 30.1 Å². The highest BCUT2D eigenvalue weighted by Gasteiger charge is 2.02. The van der Waals surface area contributed by atoms with Crippen LogP contribution in [0.2, 0.25) is 0 Å². The van der Waals surface area contributed by atoms with E-state index in [-0.39, 0.29) is 0 Å². The minimum atomic E-state index is 1.19. The highest BCUT2D eigenvalue weighted by atomic mass is 14.9. The fourth-order valence-corrected chi connectivity index (χ4v) is 4.76. The first-order chi connectivity index (χ1) is 15.9. The summed E-state index contributed by atoms with van der Waals surface area (Å²) in [4.78, 5) is 0. The van der Waals surface area contributed by atoms with Crippen LogP contribution in [0.3, 0.4) is 0 Å². The number of aromatic nitrogens is 1. The van der Waals surface area contributed by atoms with Crippen LogP contribution >= 0.6 is 0 Å². The Morgan fingerprint density at radius 2 is 0.781 bits per heavy atom. The Balaban J connectivity index is 1.82. The Labute approximate surface area is 202 Å². The van der Waals surface area contributed by atoms with Crippen molar-refractivity contribution in [2.75, 3.05) is 0 Å². The van der Waals surface area contributed by atoms with Crippen molar-refractivity contribution < 1.29 is 4.57 Å². The molecule has 32 heavy (non-hydrogen) atoms. The third-order valence-corrected chi connectivity index (χ3v) is 7.05. The molecule has 1 heterocycles. The molecule has 186 valence electrons. The van der Waals surface area contributed by atoms with E-state index >= 15 is 0 Å². The second-order valence-corrected chi connectivity index (χ2v) is 10.3. The molecule has 0 N–H and O–H groups in total. The van der Waals surface area contributed by atoms with Gasteiger partial charge in [-0.15, -0.1) is 0 Å². The predicted octanol–water partition coefficient (Wildman–Crippen LogP) is 10.1. The van der Waals surface area contributed by atoms with E-state index in [0.29, 0.717) is 0 Å². The molecule has 1 aromatic heterocycles. The molecule has 0 unspecified atom stereocenters. The third-order valence-electron chi connectivity index (χ3n) is 7.05. The highest BCUT2D eigenvalue weighted by Crippen LogP contribution is 2.14. The molecule has 0 aromatic carbocycles. The minimum Gasteiger partial charge on any atom is -0.205 e. The molecule has 1 heteroatoms. The third kappa shape index (κ3) is 18.7. The van der Waals surface area contributed by atoms with Gasteiger partial charge in [-0.3, -0.25) is 0 Å². The van der Waals surface area contributed by atoms with Crippen LogP contribution in [-0.2, 0) is 13.0 Å². The molecule has 0 amide bonds. The molecule has 0 bridgehead atoms. The van der Waals surface area contributed by atoms with Crippen molar-refractivity contribution in [2.24, 2.45) is 0 Å². The van der Waals surface area contributed by atoms with Crippen LogP contribution in [0.1, 0.15) is 161 Å². The molecule has 0 saturated carbocycles. The van der Waals surface area contributed by atoms with Crippen molar-refractivity contribution in [1.82, 2.24) is 0 Å². The molecular weight excluding hydrogens is 386 g/mol. The lowest BCUT2D eigenvalue weighted by Gasteiger charge is -2.04. The second kappa shape index (κ2) is 23.3. The molecule has 0 saturated heterocycles. The van der Waals surface area contributed by atoms with Crippen molar-refractivity contribution in [2.45, 2.75) is 168 Å². The van der Waals surface area contributed by atoms with Crippen LogP contribution < -0.4 is 4.57 Å². The van der Waals surface area contributed by atoms with Gasteiger partial charge in [-0.05, 0) is 24.8 Å². The van der Waals surface area contributed by atoms with Gasteiger partial charge in [0.1, 0.15) is 6.54 Å². The lowest BCUT2D eigenvalue weighted by molar-refractivity contribution is -0.697. The van der Waals surface area contributed by atoms with Gasteiger partial charge in [0, 0.05) is 18.6 Å². The number of hydrogen-bond acceptors (Lipinski definition) is 0. The summed E-state index contributed by atoms with van der Waals surface area (Å²) in [5, 5.41) is 0. The summed E-state index contributed by atoms with van der Waals surface area (Å²) in [6.45, 7) is 5.78. The van der Waals surface area contributed by atoms with Gasteiger partial charge in [0.2, 0.25) is 0 Å². The van der Waals surface area contributed by atoms with E-state index in [9.17, 15) is 0 Å². The number of unbranched alkanes of at least 4 members (excludes halogenated alkanes) is 20. The van der Waals surface area contributed by atoms with Gasteiger partial charge in [-0.25, -0.2) is 4.57 Å². The lowest BCUT2D eigenvalue weighted by atomic mass is 10.0. The van der Waals surface area contributed by atoms with Crippen LogP contribution in [0.5, 0.6) is 0 Å². The van der Waals surface area contributed by atoms with Gasteiger partial charge >= 0.3 is 0 Å². The highest BCUT2D eigenvalue weighted by molar-refractivity contribution is 5.07. The molecule has 0 radical (unpaired) electrons. The van der Waals surface area contributed by atoms with Crippen LogP contribution in [0.4, 0.5) is 0 Å². The molecule has 0 aliphatic carbocycles. The number of nitrogens with zero attached hydrogens (tertiary/aromatic N) is 1. The summed E-state index contributed by atoms with van der Waals surface area (Å²) in [6, 6.07) is 4.68. The lowest BCUT2D eigenvalue weighted by Crippen LogP contribution is -2.32. The Hall–Kier alpha value is -0.850. The first kappa shape index (κ1) is 29.2. The summed E-state index contributed by atoms with van der Waals surface area (Å²) in [7, 11) is 0. The normalized spacial score (nSPS) is 11.3. The van der Waals surface area contributed by atoms with Crippen molar-refractivity contribution in [3.8, 4) is 0 Å². The SMILES string of the molecule is CCCCCCCCCCCCCCCCCCC[n+]1ccc(CCCCCCC)cc1. The van der Waals surface area contributed by atoms with Gasteiger partial charge in [-0.1, -0.05) is 136 Å². The molecule has 0 fully saturated rings. The van der Waals surface area contributed by atoms with Crippen LogP contribution in [-0.4, -0.2) is 0 Å². The molecule has 1 nitrogen and oxygen atoms in total. The maximum atomic E-state index is 2.38. The zero-order valence-electron chi connectivity index (χ0n) is 22.2. The first-order valence-corrected chi connectivity index (χ1v) is 14.8. The fraction of sp³-hybridized carbons (Fsp3) is 0.839. The number of hydrogen-bond donors (Lipinski definition) is 0. The second-order valence-electron chi connectivity index (χ2n) is 10.3. The average Bonchev–Trinajstić information content (AvgIpc) is 2.82. The first-order valence-electron chi connectivity index (χ1n) is 14.8. The molecule has 1 aromatic rings. The Morgan fingerprint density at radius 1 is 0.438 bits per heavy atom. The van der Waals surface area contributed by atoms with E-state index < -0.39 is 0 Å². The summed E-state index contributed by atoms with van der Waals surface area (Å²) in [5.74, 6) is 0. The fourth-order valence-electron chi connectivity index (χ4n) is 4.76. The average molecular weight is 445 g/mol. The number of pyridine rings is 1. The largest absolute Gasteiger partial charge is 0.205 e. The van der Waals surface area contributed by atoms with Crippen LogP contribution in [0.15, 0.2) is 24.5 Å². The van der Waals surface area contributed by atoms with E-state index in [0.717, 1.165) is 0 Å². The maximum absolute atomic E-state index is 2.38. The molecular formula is C31H58N+. The van der Waals surface area contributed by atoms with Gasteiger partial charge in [0.15, 0.2) is 12.4 Å². The summed E-state index contributed by atoms with van der Waals surface area (Å²) in [6.07, 6.45) is 37.3. The minimum absolute atomic E-state index is 1.19. The molecule has 0 spiro atoms. The van der Waals surface area contributed by atoms with Crippen molar-refractivity contribution in [3.63, 3.8) is 0 Å². The van der Waals surface area contributed by atoms with Crippen LogP contribution in [0, 0.1) is 0 Å². The maximum Gasteiger partial charge on any atom is 0.169 e. The van der Waals surface area contributed by atoms with Gasteiger partial charge in [0.05, 0.1) is 0 Å². The Bertz CT molecular complexity index is 478. The topological polar surface area (TPSA) is 3.88 Å². The quantitative estimate of drug-likeness (QED) is 0.110. The van der Waals surface area contributed by atoms with E-state index in [1.54, 1.807) is 0 Å².